The second kappa shape index (κ2) is 4.83. The second-order valence-corrected chi connectivity index (χ2v) is 7.77. The molecule has 3 N–H and O–H groups in total. The Morgan fingerprint density at radius 3 is 2.67 bits per heavy atom. The van der Waals surface area contributed by atoms with E-state index >= 15 is 0 Å². The van der Waals surface area contributed by atoms with Crippen LogP contribution >= 0.6 is 15.9 Å². The number of sulfonamides is 1. The van der Waals surface area contributed by atoms with Gasteiger partial charge < -0.3 is 5.73 Å². The third-order valence-electron chi connectivity index (χ3n) is 3.49. The molecule has 1 aromatic carbocycles. The van der Waals surface area contributed by atoms with Gasteiger partial charge >= 0.3 is 0 Å². The van der Waals surface area contributed by atoms with Crippen LogP contribution in [0.1, 0.15) is 26.2 Å². The van der Waals surface area contributed by atoms with Gasteiger partial charge in [0.05, 0.1) is 4.90 Å². The van der Waals surface area contributed by atoms with E-state index < -0.39 is 10.0 Å². The van der Waals surface area contributed by atoms with E-state index in [1.54, 1.807) is 12.1 Å². The summed E-state index contributed by atoms with van der Waals surface area (Å²) < 4.78 is 27.6. The molecule has 6 heteroatoms. The van der Waals surface area contributed by atoms with Crippen molar-refractivity contribution in [2.75, 3.05) is 12.3 Å². The summed E-state index contributed by atoms with van der Waals surface area (Å²) in [5.41, 5.74) is 6.18. The summed E-state index contributed by atoms with van der Waals surface area (Å²) in [6.07, 6.45) is 3.33. The number of nitrogen functional groups attached to an aromatic ring is 1. The lowest BCUT2D eigenvalue weighted by Gasteiger charge is -2.38. The average molecular weight is 333 g/mol. The predicted octanol–water partition coefficient (Wildman–Crippen LogP) is 2.50. The Balaban J connectivity index is 2.17. The number of anilines is 1. The van der Waals surface area contributed by atoms with Gasteiger partial charge in [-0.25, -0.2) is 13.1 Å². The van der Waals surface area contributed by atoms with Gasteiger partial charge in [-0.2, -0.15) is 0 Å². The smallest absolute Gasteiger partial charge is 0.241 e. The lowest BCUT2D eigenvalue weighted by molar-refractivity contribution is 0.166. The molecule has 0 heterocycles. The van der Waals surface area contributed by atoms with Crippen molar-refractivity contribution >= 4 is 31.6 Å². The molecule has 18 heavy (non-hydrogen) atoms. The van der Waals surface area contributed by atoms with Gasteiger partial charge in [-0.15, -0.1) is 0 Å². The van der Waals surface area contributed by atoms with Crippen molar-refractivity contribution in [1.29, 1.82) is 0 Å². The molecule has 0 saturated heterocycles. The standard InChI is InChI=1S/C12H17BrN2O2S/c1-12(5-2-6-12)8-15-18(16,17)11-7-9(14)3-4-10(11)13/h3-4,7,15H,2,5-6,8,14H2,1H3. The summed E-state index contributed by atoms with van der Waals surface area (Å²) >= 11 is 3.24. The van der Waals surface area contributed by atoms with E-state index in [9.17, 15) is 8.42 Å². The first-order valence-corrected chi connectivity index (χ1v) is 8.15. The zero-order valence-corrected chi connectivity index (χ0v) is 12.6. The molecule has 1 aliphatic carbocycles. The largest absolute Gasteiger partial charge is 0.399 e. The second-order valence-electron chi connectivity index (χ2n) is 5.18. The van der Waals surface area contributed by atoms with Gasteiger partial charge in [0.25, 0.3) is 0 Å². The molecule has 1 aliphatic rings. The molecular formula is C12H17BrN2O2S. The summed E-state index contributed by atoms with van der Waals surface area (Å²) in [5, 5.41) is 0. The molecule has 0 bridgehead atoms. The highest BCUT2D eigenvalue weighted by Gasteiger charge is 2.33. The first kappa shape index (κ1) is 13.8. The molecule has 0 spiro atoms. The summed E-state index contributed by atoms with van der Waals surface area (Å²) in [6, 6.07) is 4.78. The monoisotopic (exact) mass is 332 g/mol. The van der Waals surface area contributed by atoms with Gasteiger partial charge in [0.15, 0.2) is 0 Å². The van der Waals surface area contributed by atoms with Crippen LogP contribution < -0.4 is 10.5 Å². The molecular weight excluding hydrogens is 316 g/mol. The molecule has 2 rings (SSSR count). The van der Waals surface area contributed by atoms with Crippen molar-refractivity contribution < 1.29 is 8.42 Å². The number of nitrogens with two attached hydrogens (primary N) is 1. The number of halogens is 1. The van der Waals surface area contributed by atoms with Gasteiger partial charge in [-0.3, -0.25) is 0 Å². The van der Waals surface area contributed by atoms with Gasteiger partial charge in [0, 0.05) is 16.7 Å². The number of hydrogen-bond acceptors (Lipinski definition) is 3. The molecule has 1 fully saturated rings. The molecule has 0 unspecified atom stereocenters. The van der Waals surface area contributed by atoms with Crippen molar-refractivity contribution in [3.63, 3.8) is 0 Å². The predicted molar refractivity (Wildman–Crippen MR) is 75.7 cm³/mol. The number of rotatable bonds is 4. The van der Waals surface area contributed by atoms with Crippen LogP contribution in [0.2, 0.25) is 0 Å². The maximum Gasteiger partial charge on any atom is 0.241 e. The van der Waals surface area contributed by atoms with Crippen molar-refractivity contribution in [1.82, 2.24) is 4.72 Å². The molecule has 100 valence electrons. The normalized spacial score (nSPS) is 18.3. The van der Waals surface area contributed by atoms with Crippen molar-refractivity contribution in [3.05, 3.63) is 22.7 Å². The van der Waals surface area contributed by atoms with E-state index in [4.69, 9.17) is 5.73 Å². The highest BCUT2D eigenvalue weighted by molar-refractivity contribution is 9.10. The third-order valence-corrected chi connectivity index (χ3v) is 5.89. The Morgan fingerprint density at radius 2 is 2.11 bits per heavy atom. The van der Waals surface area contributed by atoms with Gasteiger partial charge in [-0.05, 0) is 52.4 Å². The molecule has 1 saturated carbocycles. The van der Waals surface area contributed by atoms with Crippen molar-refractivity contribution in [3.8, 4) is 0 Å². The van der Waals surface area contributed by atoms with Gasteiger partial charge in [0.1, 0.15) is 0 Å². The van der Waals surface area contributed by atoms with Crippen LogP contribution in [0.25, 0.3) is 0 Å². The Bertz CT molecular complexity index is 553. The van der Waals surface area contributed by atoms with Crippen LogP contribution in [0, 0.1) is 5.41 Å². The van der Waals surface area contributed by atoms with Gasteiger partial charge in [0.2, 0.25) is 10.0 Å². The minimum Gasteiger partial charge on any atom is -0.399 e. The van der Waals surface area contributed by atoms with E-state index in [1.807, 2.05) is 0 Å². The fourth-order valence-corrected chi connectivity index (χ4v) is 4.23. The fraction of sp³-hybridized carbons (Fsp3) is 0.500. The average Bonchev–Trinajstić information content (AvgIpc) is 2.27. The number of hydrogen-bond donors (Lipinski definition) is 2. The highest BCUT2D eigenvalue weighted by atomic mass is 79.9. The van der Waals surface area contributed by atoms with Crippen molar-refractivity contribution in [2.45, 2.75) is 31.1 Å². The van der Waals surface area contributed by atoms with Crippen LogP contribution in [0.4, 0.5) is 5.69 Å². The minimum atomic E-state index is -3.50. The van der Waals surface area contributed by atoms with Crippen LogP contribution in [0.15, 0.2) is 27.6 Å². The fourth-order valence-electron chi connectivity index (χ4n) is 2.03. The Kier molecular flexibility index (Phi) is 3.71. The zero-order valence-electron chi connectivity index (χ0n) is 10.2. The summed E-state index contributed by atoms with van der Waals surface area (Å²) in [7, 11) is -3.50. The van der Waals surface area contributed by atoms with Crippen LogP contribution in [0.3, 0.4) is 0 Å². The SMILES string of the molecule is CC1(CNS(=O)(=O)c2cc(N)ccc2Br)CCC1. The molecule has 4 nitrogen and oxygen atoms in total. The number of benzene rings is 1. The highest BCUT2D eigenvalue weighted by Crippen LogP contribution is 2.39. The lowest BCUT2D eigenvalue weighted by Crippen LogP contribution is -2.40. The van der Waals surface area contributed by atoms with E-state index in [1.165, 1.54) is 12.5 Å². The first-order chi connectivity index (χ1) is 8.32. The molecule has 0 radical (unpaired) electrons. The van der Waals surface area contributed by atoms with Crippen LogP contribution in [-0.4, -0.2) is 15.0 Å². The molecule has 0 amide bonds. The summed E-state index contributed by atoms with van der Waals surface area (Å²) in [4.78, 5) is 0.199. The number of nitrogens with one attached hydrogen (secondary N) is 1. The van der Waals surface area contributed by atoms with E-state index in [2.05, 4.69) is 27.6 Å². The van der Waals surface area contributed by atoms with E-state index in [0.29, 0.717) is 16.7 Å². The maximum absolute atomic E-state index is 12.2. The quantitative estimate of drug-likeness (QED) is 0.832. The van der Waals surface area contributed by atoms with Crippen LogP contribution in [0.5, 0.6) is 0 Å². The third kappa shape index (κ3) is 2.87. The zero-order chi connectivity index (χ0) is 13.4. The molecule has 0 aromatic heterocycles. The minimum absolute atomic E-state index is 0.111. The summed E-state index contributed by atoms with van der Waals surface area (Å²) in [5.74, 6) is 0. The maximum atomic E-state index is 12.2. The molecule has 1 aromatic rings. The van der Waals surface area contributed by atoms with Crippen molar-refractivity contribution in [2.24, 2.45) is 5.41 Å². The van der Waals surface area contributed by atoms with E-state index in [-0.39, 0.29) is 10.3 Å². The molecule has 0 aliphatic heterocycles. The summed E-state index contributed by atoms with van der Waals surface area (Å²) in [6.45, 7) is 2.59. The van der Waals surface area contributed by atoms with E-state index in [0.717, 1.165) is 12.8 Å². The van der Waals surface area contributed by atoms with Gasteiger partial charge in [-0.1, -0.05) is 13.3 Å². The Labute approximate surface area is 116 Å². The lowest BCUT2D eigenvalue weighted by atomic mass is 9.71. The first-order valence-electron chi connectivity index (χ1n) is 5.87. The Hall–Kier alpha value is -0.590. The Morgan fingerprint density at radius 1 is 1.44 bits per heavy atom. The van der Waals surface area contributed by atoms with Crippen LogP contribution in [-0.2, 0) is 10.0 Å². The molecule has 0 atom stereocenters. The topological polar surface area (TPSA) is 72.2 Å².